The van der Waals surface area contributed by atoms with E-state index in [-0.39, 0.29) is 23.8 Å². The molecule has 0 aliphatic heterocycles. The molecule has 0 fully saturated rings. The first-order valence-electron chi connectivity index (χ1n) is 5.32. The summed E-state index contributed by atoms with van der Waals surface area (Å²) in [5, 5.41) is 12.0. The van der Waals surface area contributed by atoms with Gasteiger partial charge < -0.3 is 10.4 Å². The molecule has 0 saturated carbocycles. The topological polar surface area (TPSA) is 49.3 Å². The SMILES string of the molecule is CSC(CO)C(C)NC(=O)c1ccccc1S. The quantitative estimate of drug-likeness (QED) is 0.716. The lowest BCUT2D eigenvalue weighted by Gasteiger charge is -2.21. The Labute approximate surface area is 111 Å². The minimum atomic E-state index is -0.157. The van der Waals surface area contributed by atoms with Gasteiger partial charge in [-0.1, -0.05) is 12.1 Å². The molecule has 1 aromatic carbocycles. The van der Waals surface area contributed by atoms with E-state index in [4.69, 9.17) is 5.11 Å². The summed E-state index contributed by atoms with van der Waals surface area (Å²) in [5.74, 6) is -0.157. The average Bonchev–Trinajstić information content (AvgIpc) is 2.31. The Kier molecular flexibility index (Phi) is 5.88. The first kappa shape index (κ1) is 14.4. The van der Waals surface area contributed by atoms with Crippen LogP contribution < -0.4 is 5.32 Å². The van der Waals surface area contributed by atoms with Crippen molar-refractivity contribution in [1.29, 1.82) is 0 Å². The predicted molar refractivity (Wildman–Crippen MR) is 75.0 cm³/mol. The van der Waals surface area contributed by atoms with Crippen LogP contribution in [0.2, 0.25) is 0 Å². The molecule has 2 N–H and O–H groups in total. The molecule has 17 heavy (non-hydrogen) atoms. The highest BCUT2D eigenvalue weighted by atomic mass is 32.2. The number of rotatable bonds is 5. The number of carbonyl (C=O) groups is 1. The second-order valence-corrected chi connectivity index (χ2v) is 5.29. The van der Waals surface area contributed by atoms with Gasteiger partial charge in [-0.25, -0.2) is 0 Å². The van der Waals surface area contributed by atoms with Crippen LogP contribution in [0.5, 0.6) is 0 Å². The maximum absolute atomic E-state index is 12.0. The van der Waals surface area contributed by atoms with E-state index in [1.807, 2.05) is 19.2 Å². The van der Waals surface area contributed by atoms with Gasteiger partial charge in [-0.05, 0) is 25.3 Å². The van der Waals surface area contributed by atoms with Crippen molar-refractivity contribution >= 4 is 30.3 Å². The van der Waals surface area contributed by atoms with Gasteiger partial charge in [0.25, 0.3) is 5.91 Å². The van der Waals surface area contributed by atoms with Gasteiger partial charge in [-0.3, -0.25) is 4.79 Å². The van der Waals surface area contributed by atoms with Crippen LogP contribution in [0.25, 0.3) is 0 Å². The summed E-state index contributed by atoms with van der Waals surface area (Å²) in [6.07, 6.45) is 1.91. The number of thiol groups is 1. The number of aliphatic hydroxyl groups excluding tert-OH is 1. The van der Waals surface area contributed by atoms with Crippen LogP contribution in [-0.4, -0.2) is 35.2 Å². The predicted octanol–water partition coefficient (Wildman–Crippen LogP) is 1.82. The minimum absolute atomic E-state index is 0.00558. The van der Waals surface area contributed by atoms with Crippen LogP contribution in [0.3, 0.4) is 0 Å². The fourth-order valence-electron chi connectivity index (χ4n) is 1.48. The van der Waals surface area contributed by atoms with E-state index in [9.17, 15) is 4.79 Å². The Bertz CT molecular complexity index is 381. The molecule has 1 aromatic rings. The van der Waals surface area contributed by atoms with E-state index in [2.05, 4.69) is 17.9 Å². The molecule has 2 atom stereocenters. The summed E-state index contributed by atoms with van der Waals surface area (Å²) >= 11 is 5.78. The third-order valence-corrected chi connectivity index (χ3v) is 4.10. The lowest BCUT2D eigenvalue weighted by atomic mass is 10.2. The van der Waals surface area contributed by atoms with Gasteiger partial charge in [0.15, 0.2) is 0 Å². The third kappa shape index (κ3) is 3.94. The summed E-state index contributed by atoms with van der Waals surface area (Å²) in [6, 6.07) is 7.06. The van der Waals surface area contributed by atoms with Crippen LogP contribution in [0.4, 0.5) is 0 Å². The Hall–Kier alpha value is -0.650. The number of benzene rings is 1. The molecule has 0 aliphatic carbocycles. The molecule has 94 valence electrons. The van der Waals surface area contributed by atoms with E-state index < -0.39 is 0 Å². The Morgan fingerprint density at radius 3 is 2.71 bits per heavy atom. The van der Waals surface area contributed by atoms with Crippen LogP contribution >= 0.6 is 24.4 Å². The Morgan fingerprint density at radius 2 is 2.18 bits per heavy atom. The van der Waals surface area contributed by atoms with Gasteiger partial charge in [-0.2, -0.15) is 11.8 Å². The maximum atomic E-state index is 12.0. The number of thioether (sulfide) groups is 1. The van der Waals surface area contributed by atoms with Crippen molar-refractivity contribution in [1.82, 2.24) is 5.32 Å². The van der Waals surface area contributed by atoms with Gasteiger partial charge in [-0.15, -0.1) is 12.6 Å². The van der Waals surface area contributed by atoms with E-state index in [0.29, 0.717) is 10.5 Å². The largest absolute Gasteiger partial charge is 0.395 e. The van der Waals surface area contributed by atoms with Crippen molar-refractivity contribution in [2.45, 2.75) is 23.1 Å². The number of amides is 1. The van der Waals surface area contributed by atoms with Gasteiger partial charge in [0.1, 0.15) is 0 Å². The molecule has 0 aliphatic rings. The molecule has 0 radical (unpaired) electrons. The first-order chi connectivity index (χ1) is 8.10. The van der Waals surface area contributed by atoms with Crippen LogP contribution in [0.1, 0.15) is 17.3 Å². The number of aliphatic hydroxyl groups is 1. The summed E-state index contributed by atoms with van der Waals surface area (Å²) in [4.78, 5) is 12.6. The molecular weight excluding hydrogens is 254 g/mol. The monoisotopic (exact) mass is 271 g/mol. The highest BCUT2D eigenvalue weighted by Gasteiger charge is 2.18. The summed E-state index contributed by atoms with van der Waals surface area (Å²) in [7, 11) is 0. The second kappa shape index (κ2) is 6.93. The van der Waals surface area contributed by atoms with Crippen molar-refractivity contribution in [2.75, 3.05) is 12.9 Å². The van der Waals surface area contributed by atoms with E-state index in [1.54, 1.807) is 18.2 Å². The van der Waals surface area contributed by atoms with Crippen LogP contribution in [-0.2, 0) is 0 Å². The normalized spacial score (nSPS) is 14.1. The van der Waals surface area contributed by atoms with E-state index in [0.717, 1.165) is 0 Å². The van der Waals surface area contributed by atoms with Gasteiger partial charge >= 0.3 is 0 Å². The van der Waals surface area contributed by atoms with Gasteiger partial charge in [0.05, 0.1) is 12.2 Å². The molecular formula is C12H17NO2S2. The van der Waals surface area contributed by atoms with Crippen molar-refractivity contribution in [3.05, 3.63) is 29.8 Å². The van der Waals surface area contributed by atoms with Gasteiger partial charge in [0.2, 0.25) is 0 Å². The smallest absolute Gasteiger partial charge is 0.252 e. The molecule has 0 bridgehead atoms. The zero-order valence-electron chi connectivity index (χ0n) is 9.88. The molecule has 0 heterocycles. The molecule has 0 spiro atoms. The number of nitrogens with one attached hydrogen (secondary N) is 1. The zero-order chi connectivity index (χ0) is 12.8. The lowest BCUT2D eigenvalue weighted by Crippen LogP contribution is -2.41. The summed E-state index contributed by atoms with van der Waals surface area (Å²) in [6.45, 7) is 1.93. The van der Waals surface area contributed by atoms with Crippen molar-refractivity contribution < 1.29 is 9.90 Å². The molecule has 3 nitrogen and oxygen atoms in total. The second-order valence-electron chi connectivity index (χ2n) is 3.74. The first-order valence-corrected chi connectivity index (χ1v) is 7.06. The fraction of sp³-hybridized carbons (Fsp3) is 0.417. The highest BCUT2D eigenvalue weighted by molar-refractivity contribution is 7.99. The molecule has 0 aromatic heterocycles. The highest BCUT2D eigenvalue weighted by Crippen LogP contribution is 2.15. The molecule has 0 saturated heterocycles. The molecule has 1 rings (SSSR count). The number of hydrogen-bond acceptors (Lipinski definition) is 4. The van der Waals surface area contributed by atoms with E-state index in [1.165, 1.54) is 11.8 Å². The molecule has 2 unspecified atom stereocenters. The van der Waals surface area contributed by atoms with E-state index >= 15 is 0 Å². The standard InChI is InChI=1S/C12H17NO2S2/c1-8(11(7-14)17-2)13-12(15)9-5-3-4-6-10(9)16/h3-6,8,11,14,16H,7H2,1-2H3,(H,13,15). The Morgan fingerprint density at radius 1 is 1.53 bits per heavy atom. The average molecular weight is 271 g/mol. The molecule has 5 heteroatoms. The maximum Gasteiger partial charge on any atom is 0.252 e. The van der Waals surface area contributed by atoms with Gasteiger partial charge in [0, 0.05) is 16.2 Å². The number of carbonyl (C=O) groups excluding carboxylic acids is 1. The summed E-state index contributed by atoms with van der Waals surface area (Å²) < 4.78 is 0. The Balaban J connectivity index is 2.70. The molecule has 1 amide bonds. The minimum Gasteiger partial charge on any atom is -0.395 e. The fourth-order valence-corrected chi connectivity index (χ4v) is 2.37. The third-order valence-electron chi connectivity index (χ3n) is 2.55. The zero-order valence-corrected chi connectivity index (χ0v) is 11.6. The van der Waals surface area contributed by atoms with Crippen LogP contribution in [0.15, 0.2) is 29.2 Å². The van der Waals surface area contributed by atoms with Crippen molar-refractivity contribution in [2.24, 2.45) is 0 Å². The van der Waals surface area contributed by atoms with Crippen LogP contribution in [0, 0.1) is 0 Å². The van der Waals surface area contributed by atoms with Crippen molar-refractivity contribution in [3.63, 3.8) is 0 Å². The summed E-state index contributed by atoms with van der Waals surface area (Å²) in [5.41, 5.74) is 0.556. The van der Waals surface area contributed by atoms with Crippen molar-refractivity contribution in [3.8, 4) is 0 Å². The lowest BCUT2D eigenvalue weighted by molar-refractivity contribution is 0.0933. The number of hydrogen-bond donors (Lipinski definition) is 3.